The molecule has 0 aliphatic rings. The minimum atomic E-state index is -1.26. The summed E-state index contributed by atoms with van der Waals surface area (Å²) >= 11 is 0. The zero-order chi connectivity index (χ0) is 14.5. The standard InChI is InChI=1S/C15H10O5.Na.H/c16-13(17)11-8-4-5-9-12(11)15(19)20-14(18)10-6-2-1-3-7-10;;/h1-9H,(H,16,17);;. The summed E-state index contributed by atoms with van der Waals surface area (Å²) in [7, 11) is 0. The van der Waals surface area contributed by atoms with Crippen LogP contribution in [-0.2, 0) is 4.74 Å². The fraction of sp³-hybridized carbons (Fsp3) is 0. The Balaban J connectivity index is 0.00000220. The van der Waals surface area contributed by atoms with Crippen LogP contribution in [0, 0.1) is 0 Å². The van der Waals surface area contributed by atoms with Gasteiger partial charge in [0.2, 0.25) is 0 Å². The molecule has 0 saturated carbocycles. The number of carboxylic acids is 1. The summed E-state index contributed by atoms with van der Waals surface area (Å²) in [5, 5.41) is 8.97. The van der Waals surface area contributed by atoms with Gasteiger partial charge in [0.1, 0.15) is 0 Å². The fourth-order valence-electron chi connectivity index (χ4n) is 1.62. The van der Waals surface area contributed by atoms with Crippen LogP contribution in [-0.4, -0.2) is 52.6 Å². The second-order valence-corrected chi connectivity index (χ2v) is 3.89. The van der Waals surface area contributed by atoms with Crippen molar-refractivity contribution in [2.45, 2.75) is 0 Å². The van der Waals surface area contributed by atoms with Crippen molar-refractivity contribution in [1.82, 2.24) is 0 Å². The van der Waals surface area contributed by atoms with Crippen LogP contribution in [0.15, 0.2) is 54.6 Å². The topological polar surface area (TPSA) is 80.7 Å². The van der Waals surface area contributed by atoms with Crippen molar-refractivity contribution in [3.63, 3.8) is 0 Å². The molecule has 0 aromatic heterocycles. The summed E-state index contributed by atoms with van der Waals surface area (Å²) in [5.41, 5.74) is -0.156. The molecule has 0 saturated heterocycles. The van der Waals surface area contributed by atoms with Crippen LogP contribution in [0.3, 0.4) is 0 Å². The van der Waals surface area contributed by atoms with Crippen molar-refractivity contribution in [3.05, 3.63) is 71.3 Å². The van der Waals surface area contributed by atoms with Crippen molar-refractivity contribution >= 4 is 47.5 Å². The van der Waals surface area contributed by atoms with Crippen LogP contribution in [0.2, 0.25) is 0 Å². The van der Waals surface area contributed by atoms with E-state index in [1.165, 1.54) is 36.4 Å². The summed E-state index contributed by atoms with van der Waals surface area (Å²) < 4.78 is 4.67. The molecule has 0 fully saturated rings. The average molecular weight is 294 g/mol. The van der Waals surface area contributed by atoms with Gasteiger partial charge in [0, 0.05) is 0 Å². The van der Waals surface area contributed by atoms with Crippen molar-refractivity contribution in [1.29, 1.82) is 0 Å². The van der Waals surface area contributed by atoms with Crippen LogP contribution < -0.4 is 0 Å². The molecule has 2 aromatic rings. The SMILES string of the molecule is O=C(OC(=O)c1ccccc1C(=O)O)c1ccccc1.[NaH]. The Morgan fingerprint density at radius 1 is 0.762 bits per heavy atom. The summed E-state index contributed by atoms with van der Waals surface area (Å²) in [6, 6.07) is 13.5. The van der Waals surface area contributed by atoms with Crippen LogP contribution in [0.5, 0.6) is 0 Å². The fourth-order valence-corrected chi connectivity index (χ4v) is 1.62. The van der Waals surface area contributed by atoms with Gasteiger partial charge in [-0.2, -0.15) is 0 Å². The van der Waals surface area contributed by atoms with E-state index in [-0.39, 0.29) is 46.2 Å². The van der Waals surface area contributed by atoms with Crippen molar-refractivity contribution in [3.8, 4) is 0 Å². The molecule has 0 bridgehead atoms. The molecule has 0 spiro atoms. The van der Waals surface area contributed by atoms with Crippen LogP contribution in [0.1, 0.15) is 31.1 Å². The number of carbonyl (C=O) groups is 3. The second-order valence-electron chi connectivity index (χ2n) is 3.89. The predicted molar refractivity (Wildman–Crippen MR) is 76.7 cm³/mol. The maximum atomic E-state index is 11.8. The van der Waals surface area contributed by atoms with Gasteiger partial charge in [0.25, 0.3) is 0 Å². The van der Waals surface area contributed by atoms with E-state index in [4.69, 9.17) is 5.11 Å². The number of aromatic carboxylic acids is 1. The third kappa shape index (κ3) is 4.26. The van der Waals surface area contributed by atoms with Crippen LogP contribution >= 0.6 is 0 Å². The van der Waals surface area contributed by atoms with Gasteiger partial charge in [0.05, 0.1) is 16.7 Å². The molecule has 2 aromatic carbocycles. The van der Waals surface area contributed by atoms with Gasteiger partial charge in [-0.25, -0.2) is 14.4 Å². The normalized spacial score (nSPS) is 9.33. The van der Waals surface area contributed by atoms with Gasteiger partial charge in [-0.3, -0.25) is 0 Å². The number of benzene rings is 2. The number of hydrogen-bond donors (Lipinski definition) is 1. The van der Waals surface area contributed by atoms with Gasteiger partial charge in [0.15, 0.2) is 0 Å². The molecular formula is C15H11NaO5. The third-order valence-electron chi connectivity index (χ3n) is 2.57. The summed E-state index contributed by atoms with van der Waals surface area (Å²) in [4.78, 5) is 34.6. The van der Waals surface area contributed by atoms with Gasteiger partial charge in [-0.15, -0.1) is 0 Å². The molecule has 6 heteroatoms. The van der Waals surface area contributed by atoms with Crippen molar-refractivity contribution in [2.24, 2.45) is 0 Å². The summed E-state index contributed by atoms with van der Waals surface area (Å²) in [6.07, 6.45) is 0. The van der Waals surface area contributed by atoms with Gasteiger partial charge >= 0.3 is 47.5 Å². The van der Waals surface area contributed by atoms with E-state index in [1.807, 2.05) is 0 Å². The van der Waals surface area contributed by atoms with E-state index in [9.17, 15) is 14.4 Å². The van der Waals surface area contributed by atoms with E-state index in [2.05, 4.69) is 4.74 Å². The van der Waals surface area contributed by atoms with Crippen LogP contribution in [0.25, 0.3) is 0 Å². The predicted octanol–water partition coefficient (Wildman–Crippen LogP) is 1.73. The minimum absolute atomic E-state index is 0. The Morgan fingerprint density at radius 2 is 1.29 bits per heavy atom. The van der Waals surface area contributed by atoms with Gasteiger partial charge in [-0.1, -0.05) is 30.3 Å². The molecule has 0 unspecified atom stereocenters. The molecule has 0 heterocycles. The van der Waals surface area contributed by atoms with E-state index >= 15 is 0 Å². The number of esters is 2. The first-order valence-corrected chi connectivity index (χ1v) is 5.73. The molecule has 2 rings (SSSR count). The third-order valence-corrected chi connectivity index (χ3v) is 2.57. The Bertz CT molecular complexity index is 667. The van der Waals surface area contributed by atoms with E-state index in [0.717, 1.165) is 0 Å². The Morgan fingerprint density at radius 3 is 1.86 bits per heavy atom. The maximum absolute atomic E-state index is 11.8. The summed E-state index contributed by atoms with van der Waals surface area (Å²) in [5.74, 6) is -3.07. The quantitative estimate of drug-likeness (QED) is 0.530. The zero-order valence-corrected chi connectivity index (χ0v) is 10.3. The van der Waals surface area contributed by atoms with E-state index < -0.39 is 17.9 Å². The zero-order valence-electron chi connectivity index (χ0n) is 10.3. The molecule has 0 amide bonds. The van der Waals surface area contributed by atoms with Crippen molar-refractivity contribution < 1.29 is 24.2 Å². The average Bonchev–Trinajstić information content (AvgIpc) is 2.48. The second kappa shape index (κ2) is 7.73. The Labute approximate surface area is 142 Å². The Kier molecular flexibility index (Phi) is 6.30. The van der Waals surface area contributed by atoms with Gasteiger partial charge < -0.3 is 9.84 Å². The number of rotatable bonds is 3. The molecule has 0 atom stereocenters. The molecular weight excluding hydrogens is 283 g/mol. The number of carboxylic acid groups (broad SMARTS) is 1. The summed E-state index contributed by atoms with van der Waals surface area (Å²) in [6.45, 7) is 0. The van der Waals surface area contributed by atoms with Crippen LogP contribution in [0.4, 0.5) is 0 Å². The van der Waals surface area contributed by atoms with E-state index in [0.29, 0.717) is 0 Å². The van der Waals surface area contributed by atoms with Gasteiger partial charge in [-0.05, 0) is 24.3 Å². The molecule has 1 N–H and O–H groups in total. The van der Waals surface area contributed by atoms with Crippen molar-refractivity contribution in [2.75, 3.05) is 0 Å². The molecule has 102 valence electrons. The first-order chi connectivity index (χ1) is 9.59. The number of hydrogen-bond acceptors (Lipinski definition) is 4. The number of ether oxygens (including phenoxy) is 1. The van der Waals surface area contributed by atoms with E-state index in [1.54, 1.807) is 18.2 Å². The molecule has 0 aliphatic carbocycles. The first kappa shape index (κ1) is 17.1. The molecule has 0 aliphatic heterocycles. The Hall–Kier alpha value is -1.95. The first-order valence-electron chi connectivity index (χ1n) is 5.73. The molecule has 5 nitrogen and oxygen atoms in total. The number of carbonyl (C=O) groups excluding carboxylic acids is 2. The monoisotopic (exact) mass is 294 g/mol. The molecule has 21 heavy (non-hydrogen) atoms. The molecule has 0 radical (unpaired) electrons.